The summed E-state index contributed by atoms with van der Waals surface area (Å²) < 4.78 is 20.1. The van der Waals surface area contributed by atoms with Gasteiger partial charge in [-0.2, -0.15) is 0 Å². The lowest BCUT2D eigenvalue weighted by Gasteiger charge is -2.26. The van der Waals surface area contributed by atoms with E-state index in [1.165, 1.54) is 13.8 Å². The Kier molecular flexibility index (Phi) is 12.0. The average Bonchev–Trinajstić information content (AvgIpc) is 2.96. The van der Waals surface area contributed by atoms with Crippen molar-refractivity contribution in [1.29, 1.82) is 0 Å². The highest BCUT2D eigenvalue weighted by molar-refractivity contribution is 5.90. The van der Waals surface area contributed by atoms with E-state index in [2.05, 4.69) is 13.2 Å². The molecule has 0 spiro atoms. The molecule has 0 radical (unpaired) electrons. The molecule has 2 atom stereocenters. The van der Waals surface area contributed by atoms with Gasteiger partial charge in [0.25, 0.3) is 0 Å². The first-order chi connectivity index (χ1) is 19.3. The van der Waals surface area contributed by atoms with Crippen LogP contribution in [0.25, 0.3) is 0 Å². The topological polar surface area (TPSA) is 146 Å². The van der Waals surface area contributed by atoms with Gasteiger partial charge in [0, 0.05) is 16.6 Å². The summed E-state index contributed by atoms with van der Waals surface area (Å²) in [6.45, 7) is 12.4. The van der Waals surface area contributed by atoms with Crippen molar-refractivity contribution in [2.75, 3.05) is 26.4 Å². The number of benzene rings is 2. The Morgan fingerprint density at radius 3 is 1.59 bits per heavy atom. The summed E-state index contributed by atoms with van der Waals surface area (Å²) in [5.74, 6) is -2.61. The van der Waals surface area contributed by atoms with Gasteiger partial charge in [0.1, 0.15) is 25.9 Å². The first kappa shape index (κ1) is 32.9. The molecule has 0 amide bonds. The van der Waals surface area contributed by atoms with Gasteiger partial charge in [0.15, 0.2) is 6.10 Å². The fourth-order valence-corrected chi connectivity index (χ4v) is 3.45. The van der Waals surface area contributed by atoms with Crippen LogP contribution in [0.3, 0.4) is 0 Å². The van der Waals surface area contributed by atoms with Gasteiger partial charge in [-0.15, -0.1) is 0 Å². The number of carbonyl (C=O) groups is 4. The van der Waals surface area contributed by atoms with E-state index in [1.54, 1.807) is 48.5 Å². The third kappa shape index (κ3) is 9.70. The van der Waals surface area contributed by atoms with E-state index in [0.717, 1.165) is 11.1 Å². The highest BCUT2D eigenvalue weighted by atomic mass is 16.6. The van der Waals surface area contributed by atoms with Crippen LogP contribution in [-0.4, -0.2) is 72.7 Å². The minimum absolute atomic E-state index is 0.191. The molecule has 0 aliphatic rings. The van der Waals surface area contributed by atoms with Crippen LogP contribution in [0.2, 0.25) is 0 Å². The fraction of sp³-hybridized carbons (Fsp3) is 0.355. The average molecular weight is 569 g/mol. The molecule has 2 unspecified atom stereocenters. The first-order valence-corrected chi connectivity index (χ1v) is 12.8. The number of carbonyl (C=O) groups excluding carboxylic acids is 4. The van der Waals surface area contributed by atoms with Crippen molar-refractivity contribution in [2.45, 2.75) is 45.3 Å². The van der Waals surface area contributed by atoms with E-state index in [4.69, 9.17) is 18.9 Å². The lowest BCUT2D eigenvalue weighted by atomic mass is 9.78. The van der Waals surface area contributed by atoms with Crippen molar-refractivity contribution in [1.82, 2.24) is 0 Å². The first-order valence-electron chi connectivity index (χ1n) is 12.8. The van der Waals surface area contributed by atoms with Gasteiger partial charge in [-0.05, 0) is 49.2 Å². The Morgan fingerprint density at radius 1 is 0.732 bits per heavy atom. The molecule has 2 aromatic carbocycles. The Bertz CT molecular complexity index is 1260. The Hall–Kier alpha value is -4.28. The van der Waals surface area contributed by atoms with Gasteiger partial charge >= 0.3 is 23.9 Å². The van der Waals surface area contributed by atoms with Crippen molar-refractivity contribution in [3.63, 3.8) is 0 Å². The van der Waals surface area contributed by atoms with Crippen LogP contribution in [0, 0.1) is 0 Å². The van der Waals surface area contributed by atoms with Gasteiger partial charge < -0.3 is 29.2 Å². The number of aliphatic hydroxyl groups is 2. The van der Waals surface area contributed by atoms with E-state index >= 15 is 0 Å². The molecule has 220 valence electrons. The predicted molar refractivity (Wildman–Crippen MR) is 149 cm³/mol. The summed E-state index contributed by atoms with van der Waals surface area (Å²) in [4.78, 5) is 47.9. The minimum Gasteiger partial charge on any atom is -0.459 e. The molecule has 0 saturated heterocycles. The molecule has 0 saturated carbocycles. The van der Waals surface area contributed by atoms with Gasteiger partial charge in [-0.25, -0.2) is 19.2 Å². The van der Waals surface area contributed by atoms with Crippen molar-refractivity contribution in [3.05, 3.63) is 95.1 Å². The molecular formula is C31H36O10. The highest BCUT2D eigenvalue weighted by Crippen LogP contribution is 2.32. The summed E-state index contributed by atoms with van der Waals surface area (Å²) in [5.41, 5.74) is 2.18. The van der Waals surface area contributed by atoms with Gasteiger partial charge in [0.05, 0.1) is 17.7 Å². The Balaban J connectivity index is 1.98. The third-order valence-electron chi connectivity index (χ3n) is 6.07. The maximum absolute atomic E-state index is 12.5. The predicted octanol–water partition coefficient (Wildman–Crippen LogP) is 3.29. The summed E-state index contributed by atoms with van der Waals surface area (Å²) in [5, 5.41) is 19.3. The molecule has 0 bridgehead atoms. The van der Waals surface area contributed by atoms with E-state index in [9.17, 15) is 29.4 Å². The molecule has 0 fully saturated rings. The lowest BCUT2D eigenvalue weighted by Crippen LogP contribution is -2.28. The number of rotatable bonds is 14. The van der Waals surface area contributed by atoms with E-state index < -0.39 is 48.1 Å². The summed E-state index contributed by atoms with van der Waals surface area (Å²) in [7, 11) is 0. The molecule has 10 heteroatoms. The van der Waals surface area contributed by atoms with Crippen LogP contribution < -0.4 is 0 Å². The quantitative estimate of drug-likeness (QED) is 0.198. The third-order valence-corrected chi connectivity index (χ3v) is 6.07. The number of esters is 4. The molecule has 0 aromatic heterocycles. The molecule has 10 nitrogen and oxygen atoms in total. The molecule has 2 rings (SSSR count). The Labute approximate surface area is 239 Å². The SMILES string of the molecule is C=C(C)C(=O)OCC(O)COC(=O)c1ccc(C(C)(C)c2ccc(C(=O)OC(CO)COC(=O)C(=C)C)cc2)cc1. The Morgan fingerprint density at radius 2 is 1.15 bits per heavy atom. The van der Waals surface area contributed by atoms with Crippen LogP contribution in [0.15, 0.2) is 72.8 Å². The molecule has 2 aromatic rings. The van der Waals surface area contributed by atoms with Gasteiger partial charge in [0.2, 0.25) is 0 Å². The standard InChI is InChI=1S/C31H36O10/c1-19(2)27(34)38-16-25(33)17-39-29(36)21-7-11-23(12-8-21)31(5,6)24-13-9-22(10-14-24)30(37)41-26(15-32)18-40-28(35)20(3)4/h7-14,25-26,32-33H,1,3,15-18H2,2,4-6H3. The number of hydrogen-bond acceptors (Lipinski definition) is 10. The van der Waals surface area contributed by atoms with Crippen LogP contribution in [0.1, 0.15) is 59.5 Å². The van der Waals surface area contributed by atoms with Crippen molar-refractivity contribution < 1.29 is 48.3 Å². The minimum atomic E-state index is -1.17. The van der Waals surface area contributed by atoms with E-state index in [1.807, 2.05) is 13.8 Å². The molecule has 0 aliphatic heterocycles. The number of hydrogen-bond donors (Lipinski definition) is 2. The molecule has 2 N–H and O–H groups in total. The number of ether oxygens (including phenoxy) is 4. The van der Waals surface area contributed by atoms with Crippen LogP contribution in [-0.2, 0) is 34.0 Å². The van der Waals surface area contributed by atoms with E-state index in [0.29, 0.717) is 0 Å². The zero-order valence-electron chi connectivity index (χ0n) is 23.7. The highest BCUT2D eigenvalue weighted by Gasteiger charge is 2.25. The van der Waals surface area contributed by atoms with Crippen molar-refractivity contribution in [3.8, 4) is 0 Å². The fourth-order valence-electron chi connectivity index (χ4n) is 3.45. The van der Waals surface area contributed by atoms with Crippen molar-refractivity contribution >= 4 is 23.9 Å². The molecule has 0 aliphatic carbocycles. The largest absolute Gasteiger partial charge is 0.459 e. The van der Waals surface area contributed by atoms with Gasteiger partial charge in [-0.3, -0.25) is 0 Å². The second kappa shape index (κ2) is 14.9. The second-order valence-electron chi connectivity index (χ2n) is 10.00. The zero-order chi connectivity index (χ0) is 30.7. The maximum atomic E-state index is 12.5. The summed E-state index contributed by atoms with van der Waals surface area (Å²) in [6.07, 6.45) is -2.19. The van der Waals surface area contributed by atoms with Crippen LogP contribution in [0.5, 0.6) is 0 Å². The molecular weight excluding hydrogens is 532 g/mol. The van der Waals surface area contributed by atoms with Crippen LogP contribution >= 0.6 is 0 Å². The van der Waals surface area contributed by atoms with Gasteiger partial charge in [-0.1, -0.05) is 51.3 Å². The lowest BCUT2D eigenvalue weighted by molar-refractivity contribution is -0.143. The summed E-state index contributed by atoms with van der Waals surface area (Å²) in [6, 6.07) is 13.5. The zero-order valence-corrected chi connectivity index (χ0v) is 23.7. The summed E-state index contributed by atoms with van der Waals surface area (Å²) >= 11 is 0. The van der Waals surface area contributed by atoms with Crippen molar-refractivity contribution in [2.24, 2.45) is 0 Å². The number of aliphatic hydroxyl groups excluding tert-OH is 2. The smallest absolute Gasteiger partial charge is 0.338 e. The second-order valence-corrected chi connectivity index (χ2v) is 10.00. The maximum Gasteiger partial charge on any atom is 0.338 e. The monoisotopic (exact) mass is 568 g/mol. The molecule has 0 heterocycles. The van der Waals surface area contributed by atoms with E-state index in [-0.39, 0.29) is 42.1 Å². The normalized spacial score (nSPS) is 12.4. The van der Waals surface area contributed by atoms with Crippen LogP contribution in [0.4, 0.5) is 0 Å². The molecule has 41 heavy (non-hydrogen) atoms.